The lowest BCUT2D eigenvalue weighted by Crippen LogP contribution is -2.53. The highest BCUT2D eigenvalue weighted by Gasteiger charge is 2.65. The minimum atomic E-state index is -5.23. The summed E-state index contributed by atoms with van der Waals surface area (Å²) in [6.07, 6.45) is -7.90. The molecule has 0 unspecified atom stereocenters. The summed E-state index contributed by atoms with van der Waals surface area (Å²) in [6, 6.07) is 6.31. The Morgan fingerprint density at radius 1 is 1.12 bits per heavy atom. The number of ketones is 2. The van der Waals surface area contributed by atoms with E-state index < -0.39 is 59.1 Å². The molecule has 8 nitrogen and oxygen atoms in total. The number of carbonyl (C=O) groups is 4. The summed E-state index contributed by atoms with van der Waals surface area (Å²) < 4.78 is 65.4. The van der Waals surface area contributed by atoms with E-state index in [1.165, 1.54) is 24.3 Å². The van der Waals surface area contributed by atoms with Crippen LogP contribution in [0.1, 0.15) is 51.5 Å². The van der Waals surface area contributed by atoms with Gasteiger partial charge in [-0.2, -0.15) is 13.2 Å². The first-order valence-corrected chi connectivity index (χ1v) is 12.9. The van der Waals surface area contributed by atoms with Gasteiger partial charge in [-0.1, -0.05) is 48.6 Å². The van der Waals surface area contributed by atoms with Crippen molar-refractivity contribution in [2.75, 3.05) is 7.11 Å². The number of methoxy groups -OCH3 is 1. The van der Waals surface area contributed by atoms with Gasteiger partial charge in [0.25, 0.3) is 5.60 Å². The first-order valence-electron chi connectivity index (χ1n) is 12.9. The second kappa shape index (κ2) is 10.9. The maximum atomic E-state index is 14.5. The predicted molar refractivity (Wildman–Crippen MR) is 134 cm³/mol. The van der Waals surface area contributed by atoms with Crippen LogP contribution in [0.5, 0.6) is 0 Å². The van der Waals surface area contributed by atoms with E-state index >= 15 is 0 Å². The third kappa shape index (κ3) is 5.49. The summed E-state index contributed by atoms with van der Waals surface area (Å²) in [6.45, 7) is 7.19. The number of esters is 2. The highest BCUT2D eigenvalue weighted by atomic mass is 19.4. The van der Waals surface area contributed by atoms with Crippen LogP contribution in [0.25, 0.3) is 0 Å². The molecule has 2 saturated heterocycles. The lowest BCUT2D eigenvalue weighted by atomic mass is 9.87. The van der Waals surface area contributed by atoms with Crippen molar-refractivity contribution < 1.29 is 51.3 Å². The van der Waals surface area contributed by atoms with Crippen LogP contribution in [0.3, 0.4) is 0 Å². The van der Waals surface area contributed by atoms with Gasteiger partial charge in [0.2, 0.25) is 0 Å². The molecule has 4 bridgehead atoms. The predicted octanol–water partition coefficient (Wildman–Crippen LogP) is 4.31. The molecule has 11 heteroatoms. The maximum absolute atomic E-state index is 14.5. The second-order valence-corrected chi connectivity index (χ2v) is 10.8. The fraction of sp³-hybridized carbons (Fsp3) is 0.517. The number of carbonyl (C=O) groups excluding carboxylic acids is 4. The topological polar surface area (TPSA) is 105 Å². The molecule has 3 aliphatic rings. The van der Waals surface area contributed by atoms with Gasteiger partial charge >= 0.3 is 18.1 Å². The normalized spacial score (nSPS) is 32.0. The lowest BCUT2D eigenvalue weighted by Gasteiger charge is -2.34. The highest BCUT2D eigenvalue weighted by Crippen LogP contribution is 2.45. The van der Waals surface area contributed by atoms with Crippen LogP contribution in [0, 0.1) is 5.92 Å². The molecule has 0 amide bonds. The van der Waals surface area contributed by atoms with E-state index in [0.29, 0.717) is 5.57 Å². The van der Waals surface area contributed by atoms with Gasteiger partial charge in [-0.05, 0) is 26.2 Å². The average Bonchev–Trinajstić information content (AvgIpc) is 3.30. The van der Waals surface area contributed by atoms with Gasteiger partial charge in [-0.3, -0.25) is 9.59 Å². The molecular formula is C29H31F3O8. The molecule has 2 fully saturated rings. The fourth-order valence-electron chi connectivity index (χ4n) is 5.58. The summed E-state index contributed by atoms with van der Waals surface area (Å²) in [4.78, 5) is 51.9. The van der Waals surface area contributed by atoms with Gasteiger partial charge in [-0.15, -0.1) is 0 Å². The number of fused-ring (bicyclic) bond motifs is 4. The van der Waals surface area contributed by atoms with E-state index in [9.17, 15) is 32.3 Å². The van der Waals surface area contributed by atoms with E-state index in [1.807, 2.05) is 0 Å². The Labute approximate surface area is 229 Å². The number of rotatable bonds is 5. The summed E-state index contributed by atoms with van der Waals surface area (Å²) in [7, 11) is 0.745. The molecule has 1 aromatic rings. The third-order valence-corrected chi connectivity index (χ3v) is 7.72. The summed E-state index contributed by atoms with van der Waals surface area (Å²) >= 11 is 0. The first kappa shape index (κ1) is 29.7. The molecule has 1 aromatic carbocycles. The zero-order valence-electron chi connectivity index (χ0n) is 22.4. The van der Waals surface area contributed by atoms with Crippen LogP contribution in [0.4, 0.5) is 13.2 Å². The Hall–Kier alpha value is -3.31. The Balaban J connectivity index is 1.77. The molecule has 6 atom stereocenters. The molecule has 0 aliphatic carbocycles. The zero-order valence-corrected chi connectivity index (χ0v) is 22.4. The highest BCUT2D eigenvalue weighted by molar-refractivity contribution is 5.94. The summed E-state index contributed by atoms with van der Waals surface area (Å²) in [5.74, 6) is -3.64. The van der Waals surface area contributed by atoms with Crippen LogP contribution in [0.2, 0.25) is 0 Å². The van der Waals surface area contributed by atoms with Gasteiger partial charge in [0, 0.05) is 38.4 Å². The average molecular weight is 565 g/mol. The Morgan fingerprint density at radius 3 is 2.40 bits per heavy atom. The summed E-state index contributed by atoms with van der Waals surface area (Å²) in [5, 5.41) is 0. The van der Waals surface area contributed by atoms with E-state index in [4.69, 9.17) is 18.9 Å². The Morgan fingerprint density at radius 2 is 1.80 bits per heavy atom. The molecular weight excluding hydrogens is 533 g/mol. The number of hydrogen-bond donors (Lipinski definition) is 0. The Kier molecular flexibility index (Phi) is 8.11. The molecule has 40 heavy (non-hydrogen) atoms. The van der Waals surface area contributed by atoms with E-state index in [-0.39, 0.29) is 49.2 Å². The maximum Gasteiger partial charge on any atom is 0.432 e. The monoisotopic (exact) mass is 564 g/mol. The fourth-order valence-corrected chi connectivity index (χ4v) is 5.58. The third-order valence-electron chi connectivity index (χ3n) is 7.72. The lowest BCUT2D eigenvalue weighted by molar-refractivity contribution is -0.278. The van der Waals surface area contributed by atoms with Crippen LogP contribution in [0.15, 0.2) is 54.1 Å². The van der Waals surface area contributed by atoms with Crippen molar-refractivity contribution in [1.29, 1.82) is 0 Å². The molecule has 3 heterocycles. The van der Waals surface area contributed by atoms with Gasteiger partial charge < -0.3 is 18.9 Å². The zero-order chi connectivity index (χ0) is 29.5. The molecule has 4 rings (SSSR count). The molecule has 0 saturated carbocycles. The van der Waals surface area contributed by atoms with Crippen molar-refractivity contribution in [2.45, 2.75) is 81.6 Å². The molecule has 0 N–H and O–H groups in total. The number of hydrogen-bond acceptors (Lipinski definition) is 8. The first-order chi connectivity index (χ1) is 18.7. The Bertz CT molecular complexity index is 1240. The number of allylic oxidation sites excluding steroid dienone is 2. The number of alkyl halides is 3. The van der Waals surface area contributed by atoms with Crippen molar-refractivity contribution in [2.24, 2.45) is 5.92 Å². The van der Waals surface area contributed by atoms with Crippen molar-refractivity contribution >= 4 is 23.5 Å². The largest absolute Gasteiger partial charge is 0.454 e. The minimum absolute atomic E-state index is 0.0146. The summed E-state index contributed by atoms with van der Waals surface area (Å²) in [5.41, 5.74) is -4.74. The van der Waals surface area contributed by atoms with Crippen molar-refractivity contribution in [3.8, 4) is 0 Å². The van der Waals surface area contributed by atoms with Crippen LogP contribution >= 0.6 is 0 Å². The van der Waals surface area contributed by atoms with E-state index in [1.54, 1.807) is 13.8 Å². The number of halogens is 3. The molecule has 216 valence electrons. The molecule has 3 aliphatic heterocycles. The number of Topliss-reactive ketones (excluding diaryl/α,β-unsaturated/α-hetero) is 2. The van der Waals surface area contributed by atoms with Crippen LogP contribution in [-0.2, 0) is 43.7 Å². The smallest absolute Gasteiger partial charge is 0.432 e. The van der Waals surface area contributed by atoms with Crippen molar-refractivity contribution in [3.63, 3.8) is 0 Å². The van der Waals surface area contributed by atoms with E-state index in [0.717, 1.165) is 19.2 Å². The van der Waals surface area contributed by atoms with Gasteiger partial charge in [-0.25, -0.2) is 9.59 Å². The van der Waals surface area contributed by atoms with Gasteiger partial charge in [0.05, 0.1) is 11.2 Å². The standard InChI is InChI=1S/C29H31F3O8/c1-16(2)17-10-11-20-24(39-26(36)28(37-4,29(30,31)32)18-8-6-5-7-9-18)23(38-25(20)35)15-27(3)14-21(34)22(40-27)13-19(33)12-17/h5-9,11,17,22-24H,1,10,12-15H2,2-4H3/b20-11+/t17-,22+,23+,24-,27+,28-/m1/s1. The molecule has 0 spiro atoms. The quantitative estimate of drug-likeness (QED) is 0.385. The minimum Gasteiger partial charge on any atom is -0.454 e. The van der Waals surface area contributed by atoms with Crippen molar-refractivity contribution in [3.05, 3.63) is 59.7 Å². The SMILES string of the molecule is C=C(C)[C@@H]1C/C=C2/C(=O)O[C@@H](C[C@]3(C)CC(=O)[C@H](CC(=O)C1)O3)[C@@H]2OC(=O)[C@](OC)(c1ccccc1)C(F)(F)F. The van der Waals surface area contributed by atoms with E-state index in [2.05, 4.69) is 6.58 Å². The molecule has 0 radical (unpaired) electrons. The molecule has 0 aromatic heterocycles. The van der Waals surface area contributed by atoms with Crippen LogP contribution in [-0.4, -0.2) is 60.7 Å². The number of ether oxygens (including phenoxy) is 4. The number of benzene rings is 1. The second-order valence-electron chi connectivity index (χ2n) is 10.8. The van der Waals surface area contributed by atoms with Gasteiger partial charge in [0.15, 0.2) is 11.9 Å². The van der Waals surface area contributed by atoms with Crippen molar-refractivity contribution in [1.82, 2.24) is 0 Å². The van der Waals surface area contributed by atoms with Crippen LogP contribution < -0.4 is 0 Å². The van der Waals surface area contributed by atoms with Gasteiger partial charge in [0.1, 0.15) is 18.0 Å².